The second-order valence-corrected chi connectivity index (χ2v) is 7.39. The number of hydrogen-bond donors (Lipinski definition) is 1. The number of amides is 1. The highest BCUT2D eigenvalue weighted by Gasteiger charge is 2.23. The number of halogens is 1. The molecule has 0 aliphatic carbocycles. The molecule has 1 saturated heterocycles. The standard InChI is InChI=1S/C16H20ClN5O3S/c1-11-2-3-13(22(11)17)16(23)19-12-5-8-21(9-6-12)15-4-7-18-14(20-15)10-26(24)25/h2-4,7,12H,5-6,8-10H2,1H3,(H,19,23)(H,24,25)/p-1. The molecule has 26 heavy (non-hydrogen) atoms. The van der Waals surface area contributed by atoms with Crippen LogP contribution < -0.4 is 10.2 Å². The second kappa shape index (κ2) is 8.15. The van der Waals surface area contributed by atoms with Gasteiger partial charge in [0.2, 0.25) is 0 Å². The third-order valence-electron chi connectivity index (χ3n) is 4.33. The van der Waals surface area contributed by atoms with Gasteiger partial charge in [-0.15, -0.1) is 0 Å². The number of hydrogen-bond acceptors (Lipinski definition) is 6. The largest absolute Gasteiger partial charge is 0.772 e. The topological polar surface area (TPSA) is 103 Å². The van der Waals surface area contributed by atoms with Crippen LogP contribution >= 0.6 is 11.8 Å². The van der Waals surface area contributed by atoms with E-state index in [1.54, 1.807) is 24.4 Å². The molecule has 1 N–H and O–H groups in total. The third kappa shape index (κ3) is 4.40. The first-order chi connectivity index (χ1) is 12.4. The maximum absolute atomic E-state index is 12.3. The van der Waals surface area contributed by atoms with Crippen molar-refractivity contribution >= 4 is 34.6 Å². The number of piperidine rings is 1. The van der Waals surface area contributed by atoms with Gasteiger partial charge in [-0.05, 0) is 49.0 Å². The van der Waals surface area contributed by atoms with Crippen LogP contribution in [0.5, 0.6) is 0 Å². The van der Waals surface area contributed by atoms with Gasteiger partial charge in [0.05, 0.1) is 5.75 Å². The van der Waals surface area contributed by atoms with E-state index in [1.165, 1.54) is 4.09 Å². The van der Waals surface area contributed by atoms with Crippen LogP contribution in [0.2, 0.25) is 0 Å². The zero-order valence-electron chi connectivity index (χ0n) is 14.2. The number of aryl methyl sites for hydroxylation is 1. The Bertz CT molecular complexity index is 820. The average Bonchev–Trinajstić information content (AvgIpc) is 2.94. The van der Waals surface area contributed by atoms with Gasteiger partial charge >= 0.3 is 0 Å². The number of carbonyl (C=O) groups is 1. The molecular weight excluding hydrogens is 378 g/mol. The maximum Gasteiger partial charge on any atom is 0.269 e. The van der Waals surface area contributed by atoms with Gasteiger partial charge in [-0.25, -0.2) is 9.97 Å². The van der Waals surface area contributed by atoms with Crippen LogP contribution in [0.25, 0.3) is 0 Å². The monoisotopic (exact) mass is 396 g/mol. The van der Waals surface area contributed by atoms with Crippen LogP contribution in [0.4, 0.5) is 5.82 Å². The summed E-state index contributed by atoms with van der Waals surface area (Å²) in [6.07, 6.45) is 3.09. The Morgan fingerprint density at radius 3 is 2.73 bits per heavy atom. The Hall–Kier alpha value is -1.97. The van der Waals surface area contributed by atoms with E-state index in [1.807, 2.05) is 6.92 Å². The fraction of sp³-hybridized carbons (Fsp3) is 0.438. The number of nitrogens with one attached hydrogen (secondary N) is 1. The number of aromatic nitrogens is 3. The third-order valence-corrected chi connectivity index (χ3v) is 5.27. The van der Waals surface area contributed by atoms with Gasteiger partial charge in [-0.1, -0.05) is 0 Å². The predicted molar refractivity (Wildman–Crippen MR) is 97.8 cm³/mol. The van der Waals surface area contributed by atoms with Gasteiger partial charge in [-0.3, -0.25) is 13.1 Å². The highest BCUT2D eigenvalue weighted by molar-refractivity contribution is 7.78. The molecule has 0 radical (unpaired) electrons. The van der Waals surface area contributed by atoms with Gasteiger partial charge in [-0.2, -0.15) is 0 Å². The van der Waals surface area contributed by atoms with E-state index < -0.39 is 11.1 Å². The van der Waals surface area contributed by atoms with Crippen molar-refractivity contribution in [3.05, 3.63) is 41.6 Å². The minimum Gasteiger partial charge on any atom is -0.772 e. The summed E-state index contributed by atoms with van der Waals surface area (Å²) in [4.78, 5) is 22.7. The Balaban J connectivity index is 1.57. The summed E-state index contributed by atoms with van der Waals surface area (Å²) in [7, 11) is 0. The molecule has 2 aromatic heterocycles. The van der Waals surface area contributed by atoms with Crippen molar-refractivity contribution in [2.24, 2.45) is 0 Å². The Morgan fingerprint density at radius 2 is 2.12 bits per heavy atom. The van der Waals surface area contributed by atoms with Gasteiger partial charge < -0.3 is 14.8 Å². The molecule has 1 unspecified atom stereocenters. The lowest BCUT2D eigenvalue weighted by Gasteiger charge is -2.33. The van der Waals surface area contributed by atoms with Gasteiger partial charge in [0.15, 0.2) is 0 Å². The van der Waals surface area contributed by atoms with Crippen molar-refractivity contribution in [2.45, 2.75) is 31.6 Å². The highest BCUT2D eigenvalue weighted by atomic mass is 35.5. The van der Waals surface area contributed by atoms with E-state index in [4.69, 9.17) is 11.8 Å². The number of anilines is 1. The molecule has 0 saturated carbocycles. The molecule has 140 valence electrons. The van der Waals surface area contributed by atoms with E-state index in [-0.39, 0.29) is 23.5 Å². The lowest BCUT2D eigenvalue weighted by Crippen LogP contribution is -2.45. The van der Waals surface area contributed by atoms with E-state index in [0.29, 0.717) is 24.6 Å². The zero-order chi connectivity index (χ0) is 18.7. The molecule has 10 heteroatoms. The summed E-state index contributed by atoms with van der Waals surface area (Å²) in [5.74, 6) is 0.603. The maximum atomic E-state index is 12.3. The Labute approximate surface area is 159 Å². The van der Waals surface area contributed by atoms with Crippen LogP contribution in [0.15, 0.2) is 24.4 Å². The van der Waals surface area contributed by atoms with E-state index >= 15 is 0 Å². The molecule has 3 heterocycles. The fourth-order valence-electron chi connectivity index (χ4n) is 2.94. The first-order valence-corrected chi connectivity index (χ1v) is 9.80. The molecule has 3 rings (SSSR count). The first kappa shape index (κ1) is 18.8. The molecule has 8 nitrogen and oxygen atoms in total. The van der Waals surface area contributed by atoms with Crippen LogP contribution in [0.1, 0.15) is 34.8 Å². The quantitative estimate of drug-likeness (QED) is 0.765. The molecule has 0 aromatic carbocycles. The second-order valence-electron chi connectivity index (χ2n) is 6.15. The van der Waals surface area contributed by atoms with Crippen molar-refractivity contribution in [1.29, 1.82) is 0 Å². The van der Waals surface area contributed by atoms with Crippen molar-refractivity contribution in [2.75, 3.05) is 18.0 Å². The molecule has 1 aliphatic rings. The average molecular weight is 397 g/mol. The van der Waals surface area contributed by atoms with Crippen molar-refractivity contribution in [3.8, 4) is 0 Å². The smallest absolute Gasteiger partial charge is 0.269 e. The number of rotatable bonds is 5. The Kier molecular flexibility index (Phi) is 5.90. The molecular formula is C16H19ClN5O3S-. The van der Waals surface area contributed by atoms with Gasteiger partial charge in [0.25, 0.3) is 5.91 Å². The van der Waals surface area contributed by atoms with Crippen molar-refractivity contribution in [1.82, 2.24) is 19.4 Å². The SMILES string of the molecule is Cc1ccc(C(=O)NC2CCN(c3ccnc(CS(=O)[O-])n3)CC2)n1Cl. The normalized spacial score (nSPS) is 16.5. The molecule has 1 amide bonds. The minimum atomic E-state index is -2.21. The molecule has 1 atom stereocenters. The van der Waals surface area contributed by atoms with Crippen LogP contribution in [0.3, 0.4) is 0 Å². The van der Waals surface area contributed by atoms with Gasteiger partial charge in [0.1, 0.15) is 17.3 Å². The molecule has 0 bridgehead atoms. The highest BCUT2D eigenvalue weighted by Crippen LogP contribution is 2.19. The van der Waals surface area contributed by atoms with Crippen molar-refractivity contribution in [3.63, 3.8) is 0 Å². The summed E-state index contributed by atoms with van der Waals surface area (Å²) in [5, 5.41) is 3.01. The molecule has 2 aromatic rings. The van der Waals surface area contributed by atoms with Crippen LogP contribution in [0, 0.1) is 6.92 Å². The summed E-state index contributed by atoms with van der Waals surface area (Å²) in [6.45, 7) is 3.26. The predicted octanol–water partition coefficient (Wildman–Crippen LogP) is 1.37. The fourth-order valence-corrected chi connectivity index (χ4v) is 3.48. The van der Waals surface area contributed by atoms with E-state index in [0.717, 1.165) is 18.5 Å². The summed E-state index contributed by atoms with van der Waals surface area (Å²) >= 11 is 3.85. The lowest BCUT2D eigenvalue weighted by molar-refractivity contribution is 0.0925. The summed E-state index contributed by atoms with van der Waals surface area (Å²) in [6, 6.07) is 5.32. The molecule has 0 spiro atoms. The zero-order valence-corrected chi connectivity index (χ0v) is 15.8. The van der Waals surface area contributed by atoms with Gasteiger partial charge in [0, 0.05) is 42.8 Å². The summed E-state index contributed by atoms with van der Waals surface area (Å²) in [5.41, 5.74) is 1.24. The van der Waals surface area contributed by atoms with Crippen LogP contribution in [-0.4, -0.2) is 47.9 Å². The number of carbonyl (C=O) groups excluding carboxylic acids is 1. The van der Waals surface area contributed by atoms with Crippen molar-refractivity contribution < 1.29 is 13.6 Å². The lowest BCUT2D eigenvalue weighted by atomic mass is 10.0. The van der Waals surface area contributed by atoms with Crippen LogP contribution in [-0.2, 0) is 16.8 Å². The van der Waals surface area contributed by atoms with E-state index in [9.17, 15) is 13.6 Å². The molecule has 1 aliphatic heterocycles. The van der Waals surface area contributed by atoms with E-state index in [2.05, 4.69) is 20.2 Å². The Morgan fingerprint density at radius 1 is 1.38 bits per heavy atom. The first-order valence-electron chi connectivity index (χ1n) is 8.22. The molecule has 1 fully saturated rings. The minimum absolute atomic E-state index is 0.0566. The summed E-state index contributed by atoms with van der Waals surface area (Å²) < 4.78 is 23.0. The number of nitrogens with zero attached hydrogens (tertiary/aromatic N) is 4.